The Kier molecular flexibility index (Phi) is 8.85. The molecule has 0 aliphatic heterocycles. The molecule has 7 heteroatoms. The van der Waals surface area contributed by atoms with Gasteiger partial charge in [0.25, 0.3) is 0 Å². The van der Waals surface area contributed by atoms with E-state index < -0.39 is 24.3 Å². The number of hydroxylamine groups is 2. The lowest BCUT2D eigenvalue weighted by atomic mass is 9.94. The van der Waals surface area contributed by atoms with Crippen molar-refractivity contribution in [3.63, 3.8) is 0 Å². The van der Waals surface area contributed by atoms with Crippen LogP contribution >= 0.6 is 7.60 Å². The molecule has 0 N–H and O–H groups in total. The molecule has 0 spiro atoms. The van der Waals surface area contributed by atoms with E-state index in [1.165, 1.54) is 0 Å². The molecule has 2 unspecified atom stereocenters. The number of hydrogen-bond acceptors (Lipinski definition) is 5. The van der Waals surface area contributed by atoms with Crippen molar-refractivity contribution in [1.29, 1.82) is 0 Å². The van der Waals surface area contributed by atoms with Gasteiger partial charge in [-0.25, -0.2) is 4.57 Å². The maximum atomic E-state index is 13.8. The molecular weight excluding hydrogens is 375 g/mol. The van der Waals surface area contributed by atoms with Crippen LogP contribution in [-0.2, 0) is 25.5 Å². The number of aryl methyl sites for hydroxylation is 1. The Morgan fingerprint density at radius 3 is 1.86 bits per heavy atom. The zero-order valence-electron chi connectivity index (χ0n) is 19.4. The maximum absolute atomic E-state index is 13.8. The molecule has 0 radical (unpaired) electrons. The van der Waals surface area contributed by atoms with Crippen molar-refractivity contribution >= 4 is 7.60 Å². The average molecular weight is 416 g/mol. The van der Waals surface area contributed by atoms with Gasteiger partial charge in [0.1, 0.15) is 18.9 Å². The average Bonchev–Trinajstić information content (AvgIpc) is 2.53. The molecule has 2 atom stereocenters. The summed E-state index contributed by atoms with van der Waals surface area (Å²) in [5.74, 6) is -0.567. The minimum atomic E-state index is -3.46. The van der Waals surface area contributed by atoms with E-state index >= 15 is 0 Å². The lowest BCUT2D eigenvalue weighted by molar-refractivity contribution is -0.671. The molecular formula is C21H40N2O4P+. The summed E-state index contributed by atoms with van der Waals surface area (Å²) in [4.78, 5) is 6.46. The summed E-state index contributed by atoms with van der Waals surface area (Å²) in [6, 6.07) is 4.06. The molecule has 28 heavy (non-hydrogen) atoms. The molecule has 0 saturated carbocycles. The molecule has 0 bridgehead atoms. The van der Waals surface area contributed by atoms with Gasteiger partial charge in [0, 0.05) is 17.7 Å². The van der Waals surface area contributed by atoms with Gasteiger partial charge in [-0.1, -0.05) is 20.8 Å². The first-order valence-corrected chi connectivity index (χ1v) is 11.7. The summed E-state index contributed by atoms with van der Waals surface area (Å²) >= 11 is 0. The van der Waals surface area contributed by atoms with Crippen molar-refractivity contribution < 1.29 is 23.0 Å². The van der Waals surface area contributed by atoms with Crippen molar-refractivity contribution in [2.45, 2.75) is 79.7 Å². The second kappa shape index (κ2) is 9.82. The molecule has 1 heterocycles. The van der Waals surface area contributed by atoms with Crippen LogP contribution in [0.4, 0.5) is 0 Å². The van der Waals surface area contributed by atoms with Gasteiger partial charge in [0.05, 0.1) is 13.2 Å². The van der Waals surface area contributed by atoms with Gasteiger partial charge in [0.2, 0.25) is 0 Å². The summed E-state index contributed by atoms with van der Waals surface area (Å²) in [5.41, 5.74) is 0.216. The minimum Gasteiger partial charge on any atom is -0.308 e. The van der Waals surface area contributed by atoms with Crippen LogP contribution in [0.2, 0.25) is 0 Å². The zero-order chi connectivity index (χ0) is 21.8. The van der Waals surface area contributed by atoms with E-state index in [0.717, 1.165) is 5.56 Å². The Labute approximate surface area is 171 Å². The quantitative estimate of drug-likeness (QED) is 0.313. The molecule has 162 valence electrons. The molecule has 0 amide bonds. The first-order chi connectivity index (χ1) is 12.8. The van der Waals surface area contributed by atoms with Gasteiger partial charge in [-0.2, -0.15) is 5.06 Å². The predicted octanol–water partition coefficient (Wildman–Crippen LogP) is 5.24. The number of aromatic nitrogens is 1. The van der Waals surface area contributed by atoms with Crippen molar-refractivity contribution in [1.82, 2.24) is 5.06 Å². The van der Waals surface area contributed by atoms with Gasteiger partial charge < -0.3 is 9.05 Å². The van der Waals surface area contributed by atoms with E-state index in [4.69, 9.17) is 13.9 Å². The van der Waals surface area contributed by atoms with E-state index in [9.17, 15) is 4.57 Å². The molecule has 1 aromatic rings. The van der Waals surface area contributed by atoms with Crippen LogP contribution in [-0.4, -0.2) is 29.6 Å². The molecule has 0 aromatic carbocycles. The predicted molar refractivity (Wildman–Crippen MR) is 113 cm³/mol. The lowest BCUT2D eigenvalue weighted by Gasteiger charge is -2.48. The fourth-order valence-electron chi connectivity index (χ4n) is 3.09. The first-order valence-electron chi connectivity index (χ1n) is 10.1. The van der Waals surface area contributed by atoms with Crippen molar-refractivity contribution in [3.8, 4) is 0 Å². The summed E-state index contributed by atoms with van der Waals surface area (Å²) in [7, 11) is -1.48. The Morgan fingerprint density at radius 1 is 1.04 bits per heavy atom. The first kappa shape index (κ1) is 25.3. The summed E-state index contributed by atoms with van der Waals surface area (Å²) in [6.45, 7) is 18.6. The Balaban J connectivity index is 3.39. The Morgan fingerprint density at radius 2 is 1.50 bits per heavy atom. The number of hydrogen-bond donors (Lipinski definition) is 0. The smallest absolute Gasteiger partial charge is 0.308 e. The summed E-state index contributed by atoms with van der Waals surface area (Å²) < 4.78 is 27.3. The van der Waals surface area contributed by atoms with Crippen LogP contribution in [0.15, 0.2) is 24.5 Å². The molecule has 0 aliphatic rings. The van der Waals surface area contributed by atoms with Crippen LogP contribution in [0.1, 0.15) is 74.0 Å². The van der Waals surface area contributed by atoms with Gasteiger partial charge in [-0.05, 0) is 52.5 Å². The monoisotopic (exact) mass is 415 g/mol. The number of nitrogens with zero attached hydrogens (tertiary/aromatic N) is 2. The van der Waals surface area contributed by atoms with Gasteiger partial charge >= 0.3 is 7.60 Å². The number of rotatable bonds is 9. The van der Waals surface area contributed by atoms with Crippen molar-refractivity contribution in [2.75, 3.05) is 13.2 Å². The zero-order valence-corrected chi connectivity index (χ0v) is 20.2. The molecule has 1 aromatic heterocycles. The maximum Gasteiger partial charge on any atom is 0.350 e. The third-order valence-electron chi connectivity index (χ3n) is 4.32. The topological polar surface area (TPSA) is 51.9 Å². The second-order valence-corrected chi connectivity index (χ2v) is 11.2. The molecule has 6 nitrogen and oxygen atoms in total. The molecule has 1 rings (SSSR count). The van der Waals surface area contributed by atoms with E-state index in [2.05, 4.69) is 0 Å². The fourth-order valence-corrected chi connectivity index (χ4v) is 5.77. The molecule has 0 saturated heterocycles. The number of pyridine rings is 1. The van der Waals surface area contributed by atoms with E-state index in [1.807, 2.05) is 104 Å². The highest BCUT2D eigenvalue weighted by Gasteiger charge is 2.51. The highest BCUT2D eigenvalue weighted by atomic mass is 31.2. The van der Waals surface area contributed by atoms with E-state index in [-0.39, 0.29) is 6.10 Å². The third-order valence-corrected chi connectivity index (χ3v) is 7.14. The van der Waals surface area contributed by atoms with Crippen molar-refractivity contribution in [2.24, 2.45) is 12.5 Å². The molecule has 0 aliphatic carbocycles. The SMILES string of the molecule is CCOP(=O)(OCC)C(N(OC(C)c1cc[n+](C)cc1)C(C)(C)C)C(C)(C)C. The van der Waals surface area contributed by atoms with Crippen LogP contribution in [0.25, 0.3) is 0 Å². The van der Waals surface area contributed by atoms with Crippen LogP contribution in [0.5, 0.6) is 0 Å². The highest BCUT2D eigenvalue weighted by molar-refractivity contribution is 7.54. The largest absolute Gasteiger partial charge is 0.350 e. The van der Waals surface area contributed by atoms with Crippen LogP contribution in [0, 0.1) is 5.41 Å². The van der Waals surface area contributed by atoms with Crippen LogP contribution < -0.4 is 4.57 Å². The third kappa shape index (κ3) is 6.64. The van der Waals surface area contributed by atoms with Gasteiger partial charge in [-0.15, -0.1) is 0 Å². The van der Waals surface area contributed by atoms with Crippen molar-refractivity contribution in [3.05, 3.63) is 30.1 Å². The molecule has 0 fully saturated rings. The highest BCUT2D eigenvalue weighted by Crippen LogP contribution is 2.61. The summed E-state index contributed by atoms with van der Waals surface area (Å²) in [5, 5.41) is 1.83. The fraction of sp³-hybridized carbons (Fsp3) is 0.762. The minimum absolute atomic E-state index is 0.220. The van der Waals surface area contributed by atoms with Gasteiger partial charge in [0.15, 0.2) is 12.4 Å². The lowest BCUT2D eigenvalue weighted by Crippen LogP contribution is -2.53. The van der Waals surface area contributed by atoms with E-state index in [1.54, 1.807) is 0 Å². The second-order valence-electron chi connectivity index (χ2n) is 9.16. The Hall–Kier alpha value is -0.780. The van der Waals surface area contributed by atoms with E-state index in [0.29, 0.717) is 13.2 Å². The van der Waals surface area contributed by atoms with Crippen LogP contribution in [0.3, 0.4) is 0 Å². The Bertz CT molecular complexity index is 640. The van der Waals surface area contributed by atoms with Gasteiger partial charge in [-0.3, -0.25) is 9.40 Å². The standard InChI is InChI=1S/C21H40N2O4P/c1-11-25-28(24,26-12-2)19(20(4,5)6)23(21(7,8)9)27-17(3)18-13-15-22(10)16-14-18/h13-17,19H,11-12H2,1-10H3/q+1. The summed E-state index contributed by atoms with van der Waals surface area (Å²) in [6.07, 6.45) is 3.76. The normalized spacial score (nSPS) is 15.7.